The molecule has 6 heteroatoms. The molecule has 0 bridgehead atoms. The fourth-order valence-corrected chi connectivity index (χ4v) is 4.65. The van der Waals surface area contributed by atoms with Gasteiger partial charge in [-0.25, -0.2) is 0 Å². The van der Waals surface area contributed by atoms with Gasteiger partial charge < -0.3 is 14.7 Å². The molecule has 4 rings (SSSR count). The lowest BCUT2D eigenvalue weighted by molar-refractivity contribution is -0.140. The van der Waals surface area contributed by atoms with Crippen LogP contribution in [0.15, 0.2) is 72.6 Å². The first kappa shape index (κ1) is 25.2. The van der Waals surface area contributed by atoms with E-state index in [4.69, 9.17) is 4.74 Å². The first-order valence-corrected chi connectivity index (χ1v) is 12.1. The van der Waals surface area contributed by atoms with Crippen LogP contribution >= 0.6 is 0 Å². The van der Waals surface area contributed by atoms with E-state index in [0.29, 0.717) is 12.2 Å². The van der Waals surface area contributed by atoms with E-state index in [9.17, 15) is 14.7 Å². The Morgan fingerprint density at radius 2 is 1.83 bits per heavy atom. The SMILES string of the molecule is CCOc1ccc(/C(O)=C2\C(=O)C(=O)N(Cc3cccnc3)C2c2ccccc2C)cc1C(C)(C)C. The third-order valence-corrected chi connectivity index (χ3v) is 6.46. The molecule has 36 heavy (non-hydrogen) atoms. The summed E-state index contributed by atoms with van der Waals surface area (Å²) in [5.74, 6) is -0.802. The smallest absolute Gasteiger partial charge is 0.295 e. The molecule has 1 aromatic heterocycles. The number of ketones is 1. The highest BCUT2D eigenvalue weighted by Gasteiger charge is 2.46. The lowest BCUT2D eigenvalue weighted by atomic mass is 9.84. The number of nitrogens with zero attached hydrogens (tertiary/aromatic N) is 2. The van der Waals surface area contributed by atoms with Gasteiger partial charge in [0.05, 0.1) is 18.2 Å². The lowest BCUT2D eigenvalue weighted by Gasteiger charge is -2.27. The summed E-state index contributed by atoms with van der Waals surface area (Å²) in [5, 5.41) is 11.6. The van der Waals surface area contributed by atoms with Crippen molar-refractivity contribution in [2.75, 3.05) is 6.61 Å². The van der Waals surface area contributed by atoms with Gasteiger partial charge in [-0.3, -0.25) is 14.6 Å². The van der Waals surface area contributed by atoms with Crippen LogP contribution in [0.25, 0.3) is 5.76 Å². The summed E-state index contributed by atoms with van der Waals surface area (Å²) in [7, 11) is 0. The first-order valence-electron chi connectivity index (χ1n) is 12.1. The van der Waals surface area contributed by atoms with Crippen LogP contribution < -0.4 is 4.74 Å². The minimum Gasteiger partial charge on any atom is -0.507 e. The second-order valence-electron chi connectivity index (χ2n) is 10.0. The number of pyridine rings is 1. The summed E-state index contributed by atoms with van der Waals surface area (Å²) < 4.78 is 5.82. The lowest BCUT2D eigenvalue weighted by Crippen LogP contribution is -2.29. The van der Waals surface area contributed by atoms with Crippen LogP contribution in [0, 0.1) is 6.92 Å². The van der Waals surface area contributed by atoms with E-state index in [1.165, 1.54) is 4.90 Å². The summed E-state index contributed by atoms with van der Waals surface area (Å²) in [4.78, 5) is 32.4. The Kier molecular flexibility index (Phi) is 6.97. The molecule has 1 saturated heterocycles. The van der Waals surface area contributed by atoms with Crippen LogP contribution in [0.4, 0.5) is 0 Å². The molecule has 1 aliphatic heterocycles. The number of aliphatic hydroxyl groups excluding tert-OH is 1. The number of likely N-dealkylation sites (tertiary alicyclic amines) is 1. The van der Waals surface area contributed by atoms with Gasteiger partial charge in [-0.15, -0.1) is 0 Å². The molecule has 1 aliphatic rings. The Bertz CT molecular complexity index is 1320. The summed E-state index contributed by atoms with van der Waals surface area (Å²) in [5.41, 5.74) is 3.73. The van der Waals surface area contributed by atoms with Crippen molar-refractivity contribution >= 4 is 17.4 Å². The van der Waals surface area contributed by atoms with E-state index in [1.807, 2.05) is 56.3 Å². The standard InChI is InChI=1S/C30H32N2O4/c1-6-36-24-14-13-21(16-23(24)30(3,4)5)27(33)25-26(22-12-8-7-10-19(22)2)32(29(35)28(25)34)18-20-11-9-15-31-17-20/h7-17,26,33H,6,18H2,1-5H3/b27-25+. The number of amides is 1. The zero-order chi connectivity index (χ0) is 26.0. The number of aliphatic hydroxyl groups is 1. The molecule has 186 valence electrons. The molecule has 3 aromatic rings. The predicted molar refractivity (Wildman–Crippen MR) is 140 cm³/mol. The number of aromatic nitrogens is 1. The maximum Gasteiger partial charge on any atom is 0.295 e. The number of hydrogen-bond acceptors (Lipinski definition) is 5. The van der Waals surface area contributed by atoms with Crippen LogP contribution in [-0.4, -0.2) is 33.3 Å². The van der Waals surface area contributed by atoms with Gasteiger partial charge in [0, 0.05) is 30.1 Å². The van der Waals surface area contributed by atoms with Gasteiger partial charge in [0.25, 0.3) is 11.7 Å². The maximum atomic E-state index is 13.4. The van der Waals surface area contributed by atoms with Gasteiger partial charge in [-0.05, 0) is 60.2 Å². The zero-order valence-electron chi connectivity index (χ0n) is 21.4. The van der Waals surface area contributed by atoms with Gasteiger partial charge in [-0.2, -0.15) is 0 Å². The van der Waals surface area contributed by atoms with Crippen molar-refractivity contribution in [3.63, 3.8) is 0 Å². The molecular weight excluding hydrogens is 452 g/mol. The average Bonchev–Trinajstić information content (AvgIpc) is 3.09. The van der Waals surface area contributed by atoms with E-state index in [0.717, 1.165) is 28.0 Å². The number of Topliss-reactive ketones (excluding diaryl/α,β-unsaturated/α-hetero) is 1. The van der Waals surface area contributed by atoms with Crippen molar-refractivity contribution in [3.05, 3.63) is 100 Å². The molecule has 1 N–H and O–H groups in total. The van der Waals surface area contributed by atoms with Crippen LogP contribution in [0.2, 0.25) is 0 Å². The van der Waals surface area contributed by atoms with E-state index < -0.39 is 17.7 Å². The first-order chi connectivity index (χ1) is 17.1. The number of benzene rings is 2. The maximum absolute atomic E-state index is 13.4. The topological polar surface area (TPSA) is 79.7 Å². The van der Waals surface area contributed by atoms with Crippen LogP contribution in [0.3, 0.4) is 0 Å². The van der Waals surface area contributed by atoms with Crippen molar-refractivity contribution in [2.45, 2.75) is 52.6 Å². The summed E-state index contributed by atoms with van der Waals surface area (Å²) >= 11 is 0. The number of carbonyl (C=O) groups is 2. The Morgan fingerprint density at radius 1 is 1.08 bits per heavy atom. The van der Waals surface area contributed by atoms with Crippen LogP contribution in [0.5, 0.6) is 5.75 Å². The number of ether oxygens (including phenoxy) is 1. The molecule has 0 aliphatic carbocycles. The van der Waals surface area contributed by atoms with Crippen LogP contribution in [0.1, 0.15) is 61.6 Å². The molecule has 1 fully saturated rings. The minimum absolute atomic E-state index is 0.0854. The van der Waals surface area contributed by atoms with Crippen molar-refractivity contribution in [2.24, 2.45) is 0 Å². The molecule has 1 unspecified atom stereocenters. The van der Waals surface area contributed by atoms with Gasteiger partial charge >= 0.3 is 0 Å². The largest absolute Gasteiger partial charge is 0.507 e. The summed E-state index contributed by atoms with van der Waals surface area (Å²) in [6, 6.07) is 16.0. The van der Waals surface area contributed by atoms with E-state index in [-0.39, 0.29) is 23.3 Å². The highest BCUT2D eigenvalue weighted by molar-refractivity contribution is 6.46. The second kappa shape index (κ2) is 9.97. The zero-order valence-corrected chi connectivity index (χ0v) is 21.4. The Morgan fingerprint density at radius 3 is 2.47 bits per heavy atom. The molecule has 1 atom stereocenters. The third kappa shape index (κ3) is 4.76. The average molecular weight is 485 g/mol. The van der Waals surface area contributed by atoms with Crippen molar-refractivity contribution in [1.29, 1.82) is 0 Å². The molecular formula is C30H32N2O4. The fraction of sp³-hybridized carbons (Fsp3) is 0.300. The quantitative estimate of drug-likeness (QED) is 0.275. The fourth-order valence-electron chi connectivity index (χ4n) is 4.65. The molecule has 0 radical (unpaired) electrons. The minimum atomic E-state index is -0.726. The number of carbonyl (C=O) groups excluding carboxylic acids is 2. The van der Waals surface area contributed by atoms with Gasteiger partial charge in [-0.1, -0.05) is 51.1 Å². The molecule has 2 aromatic carbocycles. The Hall–Kier alpha value is -3.93. The molecule has 1 amide bonds. The van der Waals surface area contributed by atoms with Gasteiger partial charge in [0.15, 0.2) is 0 Å². The normalized spacial score (nSPS) is 17.5. The predicted octanol–water partition coefficient (Wildman–Crippen LogP) is 5.71. The van der Waals surface area contributed by atoms with Gasteiger partial charge in [0.2, 0.25) is 0 Å². The third-order valence-electron chi connectivity index (χ3n) is 6.46. The highest BCUT2D eigenvalue weighted by Crippen LogP contribution is 2.42. The van der Waals surface area contributed by atoms with Crippen LogP contribution in [-0.2, 0) is 21.5 Å². The highest BCUT2D eigenvalue weighted by atomic mass is 16.5. The Labute approximate surface area is 212 Å². The molecule has 2 heterocycles. The molecule has 0 saturated carbocycles. The van der Waals surface area contributed by atoms with E-state index >= 15 is 0 Å². The number of rotatable bonds is 6. The van der Waals surface area contributed by atoms with Crippen molar-refractivity contribution < 1.29 is 19.4 Å². The van der Waals surface area contributed by atoms with E-state index in [2.05, 4.69) is 25.8 Å². The number of aryl methyl sites for hydroxylation is 1. The van der Waals surface area contributed by atoms with Gasteiger partial charge in [0.1, 0.15) is 11.5 Å². The Balaban J connectivity index is 1.90. The number of hydrogen-bond donors (Lipinski definition) is 1. The molecule has 6 nitrogen and oxygen atoms in total. The van der Waals surface area contributed by atoms with E-state index in [1.54, 1.807) is 24.5 Å². The summed E-state index contributed by atoms with van der Waals surface area (Å²) in [6.45, 7) is 10.8. The monoisotopic (exact) mass is 484 g/mol. The summed E-state index contributed by atoms with van der Waals surface area (Å²) in [6.07, 6.45) is 3.34. The van der Waals surface area contributed by atoms with Crippen molar-refractivity contribution in [3.8, 4) is 5.75 Å². The van der Waals surface area contributed by atoms with Crippen molar-refractivity contribution in [1.82, 2.24) is 9.88 Å². The second-order valence-corrected chi connectivity index (χ2v) is 10.0. The molecule has 0 spiro atoms.